The number of nitrogens with zero attached hydrogens (tertiary/aromatic N) is 1. The predicted octanol–water partition coefficient (Wildman–Crippen LogP) is 5.22. The summed E-state index contributed by atoms with van der Waals surface area (Å²) in [6.07, 6.45) is 1.39. The van der Waals surface area contributed by atoms with E-state index in [9.17, 15) is 14.4 Å². The highest BCUT2D eigenvalue weighted by molar-refractivity contribution is 6.04. The highest BCUT2D eigenvalue weighted by Gasteiger charge is 2.34. The average Bonchev–Trinajstić information content (AvgIpc) is 3.41. The van der Waals surface area contributed by atoms with Crippen molar-refractivity contribution < 1.29 is 23.5 Å². The van der Waals surface area contributed by atoms with E-state index in [1.54, 1.807) is 30.3 Å². The van der Waals surface area contributed by atoms with Crippen LogP contribution in [-0.2, 0) is 9.59 Å². The molecule has 0 bridgehead atoms. The van der Waals surface area contributed by atoms with Gasteiger partial charge in [-0.3, -0.25) is 19.3 Å². The Morgan fingerprint density at radius 3 is 2.11 bits per heavy atom. The van der Waals surface area contributed by atoms with Crippen LogP contribution >= 0.6 is 0 Å². The summed E-state index contributed by atoms with van der Waals surface area (Å²) in [7, 11) is 0. The zero-order chi connectivity index (χ0) is 27.9. The maximum Gasteiger partial charge on any atom is 0.287 e. The molecule has 38 heavy (non-hydrogen) atoms. The summed E-state index contributed by atoms with van der Waals surface area (Å²) in [5.41, 5.74) is 1.73. The molecular formula is C30H37N3O5. The van der Waals surface area contributed by atoms with Gasteiger partial charge in [0.15, 0.2) is 5.76 Å². The van der Waals surface area contributed by atoms with Crippen LogP contribution in [0.15, 0.2) is 71.3 Å². The van der Waals surface area contributed by atoms with Gasteiger partial charge in [-0.2, -0.15) is 0 Å². The van der Waals surface area contributed by atoms with Crippen molar-refractivity contribution in [3.63, 3.8) is 0 Å². The monoisotopic (exact) mass is 519 g/mol. The van der Waals surface area contributed by atoms with Crippen LogP contribution in [0.4, 0.5) is 5.69 Å². The Bertz CT molecular complexity index is 1210. The van der Waals surface area contributed by atoms with Crippen LogP contribution in [0.5, 0.6) is 5.75 Å². The van der Waals surface area contributed by atoms with E-state index in [1.165, 1.54) is 17.2 Å². The Kier molecular flexibility index (Phi) is 9.34. The molecule has 3 rings (SSSR count). The topological polar surface area (TPSA) is 101 Å². The third kappa shape index (κ3) is 7.47. The van der Waals surface area contributed by atoms with Crippen molar-refractivity contribution in [1.29, 1.82) is 0 Å². The maximum atomic E-state index is 13.8. The van der Waals surface area contributed by atoms with Crippen LogP contribution in [0.1, 0.15) is 75.2 Å². The van der Waals surface area contributed by atoms with Gasteiger partial charge in [-0.25, -0.2) is 0 Å². The van der Waals surface area contributed by atoms with Crippen LogP contribution in [-0.4, -0.2) is 36.4 Å². The number of anilines is 1. The molecule has 3 aromatic rings. The fourth-order valence-corrected chi connectivity index (χ4v) is 3.96. The minimum Gasteiger partial charge on any atom is -0.494 e. The predicted molar refractivity (Wildman–Crippen MR) is 147 cm³/mol. The number of carbonyl (C=O) groups excluding carboxylic acids is 3. The number of nitrogens with one attached hydrogen (secondary N) is 2. The fraction of sp³-hybridized carbons (Fsp3) is 0.367. The second-order valence-electron chi connectivity index (χ2n) is 10.3. The molecule has 0 radical (unpaired) electrons. The zero-order valence-corrected chi connectivity index (χ0v) is 22.9. The second kappa shape index (κ2) is 12.4. The standard InChI is InChI=1S/C30H37N3O5/c1-7-37-24-16-14-23(15-17-24)33(26(34)19-31-28(35)25-9-8-18-38-25)27(29(36)32-30(4,5)6)22-12-10-21(11-13-22)20(2)3/h8-18,20,27H,7,19H2,1-6H3,(H,31,35)(H,32,36). The SMILES string of the molecule is CCOc1ccc(N(C(=O)CNC(=O)c2ccco2)C(C(=O)NC(C)(C)C)c2ccc(C(C)C)cc2)cc1. The summed E-state index contributed by atoms with van der Waals surface area (Å²) in [4.78, 5) is 41.4. The number of ether oxygens (including phenoxy) is 1. The summed E-state index contributed by atoms with van der Waals surface area (Å²) in [5.74, 6) is -0.271. The number of benzene rings is 2. The molecule has 3 amide bonds. The van der Waals surface area contributed by atoms with Crippen molar-refractivity contribution in [2.45, 2.75) is 59.0 Å². The largest absolute Gasteiger partial charge is 0.494 e. The van der Waals surface area contributed by atoms with Crippen LogP contribution in [0, 0.1) is 0 Å². The minimum atomic E-state index is -0.985. The molecule has 1 aromatic heterocycles. The van der Waals surface area contributed by atoms with E-state index in [2.05, 4.69) is 24.5 Å². The molecule has 1 heterocycles. The molecule has 1 atom stereocenters. The van der Waals surface area contributed by atoms with Crippen LogP contribution in [0.3, 0.4) is 0 Å². The third-order valence-electron chi connectivity index (χ3n) is 5.76. The van der Waals surface area contributed by atoms with Crippen molar-refractivity contribution in [3.05, 3.63) is 83.8 Å². The molecule has 0 spiro atoms. The van der Waals surface area contributed by atoms with Crippen molar-refractivity contribution >= 4 is 23.4 Å². The van der Waals surface area contributed by atoms with Gasteiger partial charge in [-0.05, 0) is 81.1 Å². The number of amides is 3. The van der Waals surface area contributed by atoms with E-state index in [4.69, 9.17) is 9.15 Å². The smallest absolute Gasteiger partial charge is 0.287 e. The van der Waals surface area contributed by atoms with E-state index in [1.807, 2.05) is 52.0 Å². The normalized spacial score (nSPS) is 12.1. The van der Waals surface area contributed by atoms with Gasteiger partial charge < -0.3 is 19.8 Å². The molecule has 0 aliphatic rings. The van der Waals surface area contributed by atoms with E-state index in [0.717, 1.165) is 5.56 Å². The van der Waals surface area contributed by atoms with E-state index in [-0.39, 0.29) is 18.2 Å². The Labute approximate surface area is 224 Å². The van der Waals surface area contributed by atoms with Gasteiger partial charge in [-0.15, -0.1) is 0 Å². The molecule has 0 saturated carbocycles. The average molecular weight is 520 g/mol. The highest BCUT2D eigenvalue weighted by atomic mass is 16.5. The first-order valence-corrected chi connectivity index (χ1v) is 12.8. The van der Waals surface area contributed by atoms with E-state index >= 15 is 0 Å². The minimum absolute atomic E-state index is 0.0942. The first-order valence-electron chi connectivity index (χ1n) is 12.8. The Hall–Kier alpha value is -4.07. The molecule has 0 aliphatic heterocycles. The molecule has 0 aliphatic carbocycles. The van der Waals surface area contributed by atoms with Gasteiger partial charge in [0.25, 0.3) is 5.91 Å². The fourth-order valence-electron chi connectivity index (χ4n) is 3.96. The molecular weight excluding hydrogens is 482 g/mol. The Balaban J connectivity index is 2.04. The van der Waals surface area contributed by atoms with Crippen LogP contribution in [0.2, 0.25) is 0 Å². The Morgan fingerprint density at radius 1 is 0.947 bits per heavy atom. The lowest BCUT2D eigenvalue weighted by Gasteiger charge is -2.34. The second-order valence-corrected chi connectivity index (χ2v) is 10.3. The van der Waals surface area contributed by atoms with E-state index < -0.39 is 23.4 Å². The number of carbonyl (C=O) groups is 3. The number of rotatable bonds is 10. The summed E-state index contributed by atoms with van der Waals surface area (Å²) in [6, 6.07) is 16.8. The summed E-state index contributed by atoms with van der Waals surface area (Å²) in [6.45, 7) is 11.9. The summed E-state index contributed by atoms with van der Waals surface area (Å²) >= 11 is 0. The highest BCUT2D eigenvalue weighted by Crippen LogP contribution is 2.31. The van der Waals surface area contributed by atoms with Crippen LogP contribution in [0.25, 0.3) is 0 Å². The molecule has 8 heteroatoms. The van der Waals surface area contributed by atoms with Gasteiger partial charge in [0.05, 0.1) is 19.4 Å². The molecule has 2 N–H and O–H groups in total. The molecule has 2 aromatic carbocycles. The maximum absolute atomic E-state index is 13.8. The van der Waals surface area contributed by atoms with Gasteiger partial charge >= 0.3 is 0 Å². The molecule has 0 saturated heterocycles. The first-order chi connectivity index (χ1) is 18.0. The molecule has 0 fully saturated rings. The quantitative estimate of drug-likeness (QED) is 0.382. The van der Waals surface area contributed by atoms with Gasteiger partial charge in [0.1, 0.15) is 11.8 Å². The lowest BCUT2D eigenvalue weighted by atomic mass is 9.96. The van der Waals surface area contributed by atoms with E-state index in [0.29, 0.717) is 29.5 Å². The Morgan fingerprint density at radius 2 is 1.58 bits per heavy atom. The first kappa shape index (κ1) is 28.5. The van der Waals surface area contributed by atoms with Crippen molar-refractivity contribution in [2.24, 2.45) is 0 Å². The number of furan rings is 1. The summed E-state index contributed by atoms with van der Waals surface area (Å²) < 4.78 is 10.7. The molecule has 202 valence electrons. The number of hydrogen-bond acceptors (Lipinski definition) is 5. The zero-order valence-electron chi connectivity index (χ0n) is 22.9. The van der Waals surface area contributed by atoms with Gasteiger partial charge in [0.2, 0.25) is 11.8 Å². The van der Waals surface area contributed by atoms with Crippen molar-refractivity contribution in [1.82, 2.24) is 10.6 Å². The third-order valence-corrected chi connectivity index (χ3v) is 5.76. The number of hydrogen-bond donors (Lipinski definition) is 2. The van der Waals surface area contributed by atoms with Crippen molar-refractivity contribution in [2.75, 3.05) is 18.1 Å². The van der Waals surface area contributed by atoms with Crippen molar-refractivity contribution in [3.8, 4) is 5.75 Å². The molecule has 8 nitrogen and oxygen atoms in total. The van der Waals surface area contributed by atoms with Crippen LogP contribution < -0.4 is 20.3 Å². The molecule has 1 unspecified atom stereocenters. The lowest BCUT2D eigenvalue weighted by molar-refractivity contribution is -0.127. The summed E-state index contributed by atoms with van der Waals surface area (Å²) in [5, 5.41) is 5.62. The van der Waals surface area contributed by atoms with Gasteiger partial charge in [-0.1, -0.05) is 38.1 Å². The van der Waals surface area contributed by atoms with Gasteiger partial charge in [0, 0.05) is 11.2 Å². The lowest BCUT2D eigenvalue weighted by Crippen LogP contribution is -2.51.